The van der Waals surface area contributed by atoms with Crippen molar-refractivity contribution in [2.75, 3.05) is 5.32 Å². The zero-order valence-electron chi connectivity index (χ0n) is 10.7. The molecule has 20 heavy (non-hydrogen) atoms. The maximum atomic E-state index is 13.6. The molecule has 5 heteroatoms. The summed E-state index contributed by atoms with van der Waals surface area (Å²) in [4.78, 5) is 0. The summed E-state index contributed by atoms with van der Waals surface area (Å²) >= 11 is 0. The molecule has 2 aromatic rings. The molecule has 2 rings (SSSR count). The van der Waals surface area contributed by atoms with Gasteiger partial charge in [-0.1, -0.05) is 0 Å². The molecule has 0 unspecified atom stereocenters. The fourth-order valence-electron chi connectivity index (χ4n) is 1.75. The molecule has 0 aromatic heterocycles. The van der Waals surface area contributed by atoms with Crippen molar-refractivity contribution in [2.45, 2.75) is 13.5 Å². The minimum absolute atomic E-state index is 0.0409. The molecule has 0 saturated carbocycles. The molecule has 0 aliphatic rings. The van der Waals surface area contributed by atoms with E-state index in [2.05, 4.69) is 5.32 Å². The topological polar surface area (TPSA) is 35.8 Å². The van der Waals surface area contributed by atoms with Gasteiger partial charge in [0.2, 0.25) is 0 Å². The van der Waals surface area contributed by atoms with E-state index < -0.39 is 17.5 Å². The molecule has 0 radical (unpaired) electrons. The van der Waals surface area contributed by atoms with Crippen molar-refractivity contribution in [3.8, 4) is 6.07 Å². The molecule has 0 amide bonds. The van der Waals surface area contributed by atoms with Crippen LogP contribution in [0.25, 0.3) is 0 Å². The van der Waals surface area contributed by atoms with Crippen LogP contribution in [0.2, 0.25) is 0 Å². The molecule has 2 aromatic carbocycles. The van der Waals surface area contributed by atoms with E-state index in [-0.39, 0.29) is 23.4 Å². The molecule has 0 saturated heterocycles. The minimum Gasteiger partial charge on any atom is -0.378 e. The summed E-state index contributed by atoms with van der Waals surface area (Å²) in [7, 11) is 0. The SMILES string of the molecule is Cc1cc(F)c(NCc2cc(C#N)ccc2F)cc1F. The summed E-state index contributed by atoms with van der Waals surface area (Å²) in [5, 5.41) is 11.4. The lowest BCUT2D eigenvalue weighted by Crippen LogP contribution is -2.05. The summed E-state index contributed by atoms with van der Waals surface area (Å²) in [5.74, 6) is -1.66. The highest BCUT2D eigenvalue weighted by atomic mass is 19.1. The highest BCUT2D eigenvalue weighted by Gasteiger charge is 2.09. The van der Waals surface area contributed by atoms with E-state index in [4.69, 9.17) is 5.26 Å². The van der Waals surface area contributed by atoms with E-state index in [0.717, 1.165) is 12.1 Å². The number of anilines is 1. The zero-order valence-corrected chi connectivity index (χ0v) is 10.7. The van der Waals surface area contributed by atoms with E-state index in [9.17, 15) is 13.2 Å². The first-order chi connectivity index (χ1) is 9.51. The number of benzene rings is 2. The van der Waals surface area contributed by atoms with Crippen molar-refractivity contribution in [1.82, 2.24) is 0 Å². The summed E-state index contributed by atoms with van der Waals surface area (Å²) < 4.78 is 40.5. The van der Waals surface area contributed by atoms with E-state index in [1.807, 2.05) is 6.07 Å². The Morgan fingerprint density at radius 2 is 1.80 bits per heavy atom. The van der Waals surface area contributed by atoms with Crippen molar-refractivity contribution in [1.29, 1.82) is 5.26 Å². The third kappa shape index (κ3) is 2.91. The van der Waals surface area contributed by atoms with Gasteiger partial charge in [0.05, 0.1) is 17.3 Å². The van der Waals surface area contributed by atoms with Crippen molar-refractivity contribution in [2.24, 2.45) is 0 Å². The van der Waals surface area contributed by atoms with Crippen LogP contribution in [-0.4, -0.2) is 0 Å². The number of rotatable bonds is 3. The van der Waals surface area contributed by atoms with E-state index in [1.165, 1.54) is 25.1 Å². The van der Waals surface area contributed by atoms with Crippen molar-refractivity contribution < 1.29 is 13.2 Å². The number of aryl methyl sites for hydroxylation is 1. The standard InChI is InChI=1S/C15H11F3N2/c1-9-4-14(18)15(6-13(9)17)20-8-11-5-10(7-19)2-3-12(11)16/h2-6,20H,8H2,1H3. The summed E-state index contributed by atoms with van der Waals surface area (Å²) in [6.07, 6.45) is 0. The van der Waals surface area contributed by atoms with E-state index >= 15 is 0 Å². The summed E-state index contributed by atoms with van der Waals surface area (Å²) in [6, 6.07) is 7.87. The number of nitrogens with zero attached hydrogens (tertiary/aromatic N) is 1. The van der Waals surface area contributed by atoms with Gasteiger partial charge in [0.15, 0.2) is 0 Å². The fraction of sp³-hybridized carbons (Fsp3) is 0.133. The van der Waals surface area contributed by atoms with Gasteiger partial charge in [-0.25, -0.2) is 13.2 Å². The normalized spacial score (nSPS) is 10.2. The molecule has 1 N–H and O–H groups in total. The summed E-state index contributed by atoms with van der Waals surface area (Å²) in [6.45, 7) is 1.42. The monoisotopic (exact) mass is 276 g/mol. The Balaban J connectivity index is 2.21. The van der Waals surface area contributed by atoms with Crippen LogP contribution in [-0.2, 0) is 6.54 Å². The lowest BCUT2D eigenvalue weighted by atomic mass is 10.1. The van der Waals surface area contributed by atoms with Gasteiger partial charge in [0.25, 0.3) is 0 Å². The van der Waals surface area contributed by atoms with Gasteiger partial charge in [-0.2, -0.15) is 5.26 Å². The maximum Gasteiger partial charge on any atom is 0.146 e. The molecule has 0 heterocycles. The van der Waals surface area contributed by atoms with E-state index in [0.29, 0.717) is 5.56 Å². The predicted molar refractivity (Wildman–Crippen MR) is 69.5 cm³/mol. The van der Waals surface area contributed by atoms with Crippen LogP contribution in [0, 0.1) is 35.7 Å². The van der Waals surface area contributed by atoms with Gasteiger partial charge < -0.3 is 5.32 Å². The fourth-order valence-corrected chi connectivity index (χ4v) is 1.75. The van der Waals surface area contributed by atoms with Crippen LogP contribution in [0.3, 0.4) is 0 Å². The van der Waals surface area contributed by atoms with E-state index in [1.54, 1.807) is 0 Å². The van der Waals surface area contributed by atoms with Gasteiger partial charge in [-0.15, -0.1) is 0 Å². The van der Waals surface area contributed by atoms with Crippen molar-refractivity contribution in [3.63, 3.8) is 0 Å². The molecule has 0 atom stereocenters. The van der Waals surface area contributed by atoms with Gasteiger partial charge >= 0.3 is 0 Å². The third-order valence-electron chi connectivity index (χ3n) is 2.89. The van der Waals surface area contributed by atoms with Gasteiger partial charge in [0, 0.05) is 18.2 Å². The van der Waals surface area contributed by atoms with Gasteiger partial charge in [-0.05, 0) is 36.8 Å². The van der Waals surface area contributed by atoms with Crippen LogP contribution in [0.4, 0.5) is 18.9 Å². The second-order valence-electron chi connectivity index (χ2n) is 4.35. The molecular weight excluding hydrogens is 265 g/mol. The van der Waals surface area contributed by atoms with Crippen LogP contribution in [0.15, 0.2) is 30.3 Å². The number of halogens is 3. The molecule has 0 aliphatic heterocycles. The Morgan fingerprint density at radius 1 is 1.05 bits per heavy atom. The highest BCUT2D eigenvalue weighted by molar-refractivity contribution is 5.48. The molecule has 2 nitrogen and oxygen atoms in total. The largest absolute Gasteiger partial charge is 0.378 e. The van der Waals surface area contributed by atoms with Gasteiger partial charge in [-0.3, -0.25) is 0 Å². The lowest BCUT2D eigenvalue weighted by molar-refractivity contribution is 0.593. The molecule has 0 fully saturated rings. The van der Waals surface area contributed by atoms with Crippen molar-refractivity contribution in [3.05, 3.63) is 64.5 Å². The van der Waals surface area contributed by atoms with Crippen LogP contribution < -0.4 is 5.32 Å². The predicted octanol–water partition coefficient (Wildman–Crippen LogP) is 3.90. The Morgan fingerprint density at radius 3 is 2.50 bits per heavy atom. The average Bonchev–Trinajstić information content (AvgIpc) is 2.43. The second-order valence-corrected chi connectivity index (χ2v) is 4.35. The lowest BCUT2D eigenvalue weighted by Gasteiger charge is -2.10. The number of nitrogens with one attached hydrogen (secondary N) is 1. The first-order valence-corrected chi connectivity index (χ1v) is 5.89. The molecular formula is C15H11F3N2. The Labute approximate surface area is 114 Å². The maximum absolute atomic E-state index is 13.6. The molecule has 0 bridgehead atoms. The Hall–Kier alpha value is -2.48. The van der Waals surface area contributed by atoms with Crippen LogP contribution >= 0.6 is 0 Å². The number of nitriles is 1. The van der Waals surface area contributed by atoms with Crippen molar-refractivity contribution >= 4 is 5.69 Å². The smallest absolute Gasteiger partial charge is 0.146 e. The molecule has 102 valence electrons. The Bertz CT molecular complexity index is 690. The first kappa shape index (κ1) is 13.9. The number of hydrogen-bond acceptors (Lipinski definition) is 2. The number of hydrogen-bond donors (Lipinski definition) is 1. The molecule has 0 spiro atoms. The quantitative estimate of drug-likeness (QED) is 0.923. The molecule has 0 aliphatic carbocycles. The van der Waals surface area contributed by atoms with Crippen LogP contribution in [0.5, 0.6) is 0 Å². The second kappa shape index (κ2) is 5.66. The van der Waals surface area contributed by atoms with Crippen LogP contribution in [0.1, 0.15) is 16.7 Å². The Kier molecular flexibility index (Phi) is 3.94. The first-order valence-electron chi connectivity index (χ1n) is 5.89. The minimum atomic E-state index is -0.610. The summed E-state index contributed by atoms with van der Waals surface area (Å²) in [5.41, 5.74) is 0.670. The van der Waals surface area contributed by atoms with Gasteiger partial charge in [0.1, 0.15) is 17.5 Å². The third-order valence-corrected chi connectivity index (χ3v) is 2.89. The average molecular weight is 276 g/mol. The highest BCUT2D eigenvalue weighted by Crippen LogP contribution is 2.20. The zero-order chi connectivity index (χ0) is 14.7.